The fourth-order valence-corrected chi connectivity index (χ4v) is 0.675. The molecule has 0 rings (SSSR count). The predicted molar refractivity (Wildman–Crippen MR) is 51.5 cm³/mol. The van der Waals surface area contributed by atoms with Gasteiger partial charge in [0, 0.05) is 5.70 Å². The van der Waals surface area contributed by atoms with Gasteiger partial charge in [0.2, 0.25) is 0 Å². The van der Waals surface area contributed by atoms with E-state index in [9.17, 15) is 4.79 Å². The maximum atomic E-state index is 11.2. The highest BCUT2D eigenvalue weighted by Crippen LogP contribution is 1.99. The Labute approximate surface area is 77.8 Å². The lowest BCUT2D eigenvalue weighted by Gasteiger charge is -1.93. The summed E-state index contributed by atoms with van der Waals surface area (Å²) in [5.41, 5.74) is 5.59. The molecule has 0 radical (unpaired) electrons. The monoisotopic (exact) mass is 176 g/mol. The zero-order valence-electron chi connectivity index (χ0n) is 7.74. The van der Waals surface area contributed by atoms with Crippen molar-refractivity contribution in [3.63, 3.8) is 0 Å². The molecule has 0 saturated carbocycles. The van der Waals surface area contributed by atoms with Crippen LogP contribution in [0.25, 0.3) is 0 Å². The lowest BCUT2D eigenvalue weighted by molar-refractivity contribution is -0.111. The second kappa shape index (κ2) is 5.78. The summed E-state index contributed by atoms with van der Waals surface area (Å²) in [5, 5.41) is 8.56. The molecule has 0 saturated heterocycles. The Morgan fingerprint density at radius 2 is 2.08 bits per heavy atom. The standard InChI is InChI=1S/C10H12N2O/c1-3-4-5-6-10(13)9(7-11)8(2)12/h3-6H,12H2,1-2H3/b4-3+,6-5+,9-8+. The topological polar surface area (TPSA) is 66.9 Å². The molecule has 2 N–H and O–H groups in total. The van der Waals surface area contributed by atoms with Crippen molar-refractivity contribution < 1.29 is 4.79 Å². The van der Waals surface area contributed by atoms with Crippen molar-refractivity contribution >= 4 is 5.78 Å². The van der Waals surface area contributed by atoms with Crippen LogP contribution in [0.15, 0.2) is 35.6 Å². The minimum Gasteiger partial charge on any atom is -0.401 e. The number of hydrogen-bond donors (Lipinski definition) is 1. The third-order valence-electron chi connectivity index (χ3n) is 1.30. The van der Waals surface area contributed by atoms with Gasteiger partial charge in [-0.15, -0.1) is 0 Å². The van der Waals surface area contributed by atoms with Crippen LogP contribution >= 0.6 is 0 Å². The van der Waals surface area contributed by atoms with Crippen LogP contribution in [0.2, 0.25) is 0 Å². The number of ketones is 1. The van der Waals surface area contributed by atoms with E-state index in [1.807, 2.05) is 6.92 Å². The number of carbonyl (C=O) groups is 1. The van der Waals surface area contributed by atoms with E-state index < -0.39 is 0 Å². The van der Waals surface area contributed by atoms with Gasteiger partial charge in [-0.1, -0.05) is 18.2 Å². The van der Waals surface area contributed by atoms with Gasteiger partial charge in [0.25, 0.3) is 0 Å². The molecular weight excluding hydrogens is 164 g/mol. The molecule has 0 aromatic carbocycles. The SMILES string of the molecule is C/C=C/C=C/C(=O)/C(C#N)=C(\C)N. The summed E-state index contributed by atoms with van der Waals surface area (Å²) in [5.74, 6) is -0.361. The lowest BCUT2D eigenvalue weighted by Crippen LogP contribution is -2.04. The van der Waals surface area contributed by atoms with Crippen LogP contribution < -0.4 is 5.73 Å². The van der Waals surface area contributed by atoms with Gasteiger partial charge in [0.1, 0.15) is 11.6 Å². The van der Waals surface area contributed by atoms with E-state index in [0.29, 0.717) is 0 Å². The van der Waals surface area contributed by atoms with Crippen LogP contribution in [-0.4, -0.2) is 5.78 Å². The first-order chi connectivity index (χ1) is 6.13. The number of hydrogen-bond acceptors (Lipinski definition) is 3. The molecule has 0 aromatic heterocycles. The Bertz CT molecular complexity index is 312. The maximum absolute atomic E-state index is 11.2. The highest BCUT2D eigenvalue weighted by Gasteiger charge is 2.06. The number of carbonyl (C=O) groups excluding carboxylic acids is 1. The third-order valence-corrected chi connectivity index (χ3v) is 1.30. The molecule has 0 amide bonds. The zero-order chi connectivity index (χ0) is 10.3. The number of nitriles is 1. The molecule has 0 aliphatic rings. The molecule has 0 heterocycles. The van der Waals surface area contributed by atoms with E-state index in [1.54, 1.807) is 24.3 Å². The van der Waals surface area contributed by atoms with E-state index in [0.717, 1.165) is 0 Å². The average molecular weight is 176 g/mol. The molecule has 3 nitrogen and oxygen atoms in total. The third kappa shape index (κ3) is 3.92. The summed E-state index contributed by atoms with van der Waals surface area (Å²) < 4.78 is 0. The summed E-state index contributed by atoms with van der Waals surface area (Å²) in [4.78, 5) is 11.2. The molecule has 68 valence electrons. The molecule has 0 aliphatic carbocycles. The van der Waals surface area contributed by atoms with Crippen LogP contribution in [-0.2, 0) is 4.79 Å². The van der Waals surface area contributed by atoms with Gasteiger partial charge in [-0.05, 0) is 19.9 Å². The number of nitrogens with zero attached hydrogens (tertiary/aromatic N) is 1. The van der Waals surface area contributed by atoms with E-state index >= 15 is 0 Å². The van der Waals surface area contributed by atoms with Crippen molar-refractivity contribution in [2.75, 3.05) is 0 Å². The van der Waals surface area contributed by atoms with E-state index in [2.05, 4.69) is 0 Å². The van der Waals surface area contributed by atoms with Gasteiger partial charge in [-0.25, -0.2) is 0 Å². The molecule has 0 aromatic rings. The van der Waals surface area contributed by atoms with Gasteiger partial charge in [-0.2, -0.15) is 5.26 Å². The first-order valence-corrected chi connectivity index (χ1v) is 3.83. The largest absolute Gasteiger partial charge is 0.401 e. The Balaban J connectivity index is 4.63. The van der Waals surface area contributed by atoms with E-state index in [1.165, 1.54) is 13.0 Å². The number of nitrogens with two attached hydrogens (primary N) is 1. The van der Waals surface area contributed by atoms with Crippen LogP contribution in [0.1, 0.15) is 13.8 Å². The number of rotatable bonds is 3. The Kier molecular flexibility index (Phi) is 4.97. The van der Waals surface area contributed by atoms with Crippen LogP contribution in [0.3, 0.4) is 0 Å². The molecule has 0 spiro atoms. The van der Waals surface area contributed by atoms with Crippen LogP contribution in [0.4, 0.5) is 0 Å². The van der Waals surface area contributed by atoms with Crippen molar-refractivity contribution in [1.82, 2.24) is 0 Å². The van der Waals surface area contributed by atoms with Gasteiger partial charge in [-0.3, -0.25) is 4.79 Å². The second-order valence-electron chi connectivity index (χ2n) is 2.42. The van der Waals surface area contributed by atoms with Crippen LogP contribution in [0, 0.1) is 11.3 Å². The van der Waals surface area contributed by atoms with Crippen molar-refractivity contribution in [3.8, 4) is 6.07 Å². The minimum atomic E-state index is -0.361. The van der Waals surface area contributed by atoms with Crippen molar-refractivity contribution in [2.24, 2.45) is 5.73 Å². The van der Waals surface area contributed by atoms with Gasteiger partial charge in [0.15, 0.2) is 5.78 Å². The summed E-state index contributed by atoms with van der Waals surface area (Å²) in [6.45, 7) is 3.37. The summed E-state index contributed by atoms with van der Waals surface area (Å²) in [7, 11) is 0. The Morgan fingerprint density at radius 3 is 2.46 bits per heavy atom. The van der Waals surface area contributed by atoms with Crippen molar-refractivity contribution in [1.29, 1.82) is 5.26 Å². The van der Waals surface area contributed by atoms with Gasteiger partial charge < -0.3 is 5.73 Å². The molecule has 0 fully saturated rings. The average Bonchev–Trinajstić information content (AvgIpc) is 2.05. The molecule has 0 atom stereocenters. The summed E-state index contributed by atoms with van der Waals surface area (Å²) in [6.07, 6.45) is 6.38. The molecular formula is C10H12N2O. The maximum Gasteiger partial charge on any atom is 0.198 e. The molecule has 3 heteroatoms. The van der Waals surface area contributed by atoms with Crippen molar-refractivity contribution in [3.05, 3.63) is 35.6 Å². The lowest BCUT2D eigenvalue weighted by atomic mass is 10.1. The first-order valence-electron chi connectivity index (χ1n) is 3.83. The highest BCUT2D eigenvalue weighted by atomic mass is 16.1. The quantitative estimate of drug-likeness (QED) is 0.402. The number of allylic oxidation sites excluding steroid dienone is 6. The van der Waals surface area contributed by atoms with Gasteiger partial charge >= 0.3 is 0 Å². The summed E-state index contributed by atoms with van der Waals surface area (Å²) >= 11 is 0. The van der Waals surface area contributed by atoms with E-state index in [4.69, 9.17) is 11.0 Å². The first kappa shape index (κ1) is 11.2. The fraction of sp³-hybridized carbons (Fsp3) is 0.200. The smallest absolute Gasteiger partial charge is 0.198 e. The Morgan fingerprint density at radius 1 is 1.46 bits per heavy atom. The van der Waals surface area contributed by atoms with E-state index in [-0.39, 0.29) is 17.1 Å². The normalized spacial score (nSPS) is 13.0. The van der Waals surface area contributed by atoms with Crippen LogP contribution in [0.5, 0.6) is 0 Å². The molecule has 13 heavy (non-hydrogen) atoms. The fourth-order valence-electron chi connectivity index (χ4n) is 0.675. The zero-order valence-corrected chi connectivity index (χ0v) is 7.74. The highest BCUT2D eigenvalue weighted by molar-refractivity contribution is 6.07. The molecule has 0 bridgehead atoms. The predicted octanol–water partition coefficient (Wildman–Crippen LogP) is 1.44. The minimum absolute atomic E-state index is 0.000697. The van der Waals surface area contributed by atoms with Gasteiger partial charge in [0.05, 0.1) is 0 Å². The summed E-state index contributed by atoms with van der Waals surface area (Å²) in [6, 6.07) is 1.76. The second-order valence-corrected chi connectivity index (χ2v) is 2.42. The molecule has 0 unspecified atom stereocenters. The molecule has 0 aliphatic heterocycles. The van der Waals surface area contributed by atoms with Crippen molar-refractivity contribution in [2.45, 2.75) is 13.8 Å². The Hall–Kier alpha value is -1.82.